The summed E-state index contributed by atoms with van der Waals surface area (Å²) < 4.78 is 26.7. The molecule has 0 heterocycles. The maximum atomic E-state index is 13.3. The number of allylic oxidation sites excluding steroid dienone is 3. The van der Waals surface area contributed by atoms with E-state index in [1.807, 2.05) is 37.3 Å². The molecule has 2 aromatic carbocycles. The Balaban J connectivity index is 2.54. The Kier molecular flexibility index (Phi) is 4.24. The van der Waals surface area contributed by atoms with Gasteiger partial charge in [-0.25, -0.2) is 8.78 Å². The Bertz CT molecular complexity index is 577. The summed E-state index contributed by atoms with van der Waals surface area (Å²) in [6.45, 7) is 1.89. The standard InChI is InChI=1S/C17H14F2/c1-2-3-10-17(13-6-4-8-15(18)11-13)14-7-5-9-16(19)12-14/h2-12H,1H3/b3-2-. The van der Waals surface area contributed by atoms with Crippen LogP contribution < -0.4 is 0 Å². The Hall–Kier alpha value is -2.22. The van der Waals surface area contributed by atoms with E-state index in [1.54, 1.807) is 12.1 Å². The predicted octanol–water partition coefficient (Wildman–Crippen LogP) is 4.97. The second kappa shape index (κ2) is 6.10. The fourth-order valence-corrected chi connectivity index (χ4v) is 1.86. The van der Waals surface area contributed by atoms with Gasteiger partial charge in [-0.15, -0.1) is 0 Å². The van der Waals surface area contributed by atoms with E-state index in [1.165, 1.54) is 24.3 Å². The fraction of sp³-hybridized carbons (Fsp3) is 0.0588. The van der Waals surface area contributed by atoms with Crippen molar-refractivity contribution < 1.29 is 8.78 Å². The smallest absolute Gasteiger partial charge is 0.123 e. The third kappa shape index (κ3) is 3.38. The van der Waals surface area contributed by atoms with Crippen LogP contribution in [0.1, 0.15) is 18.1 Å². The molecule has 2 aromatic rings. The molecule has 0 radical (unpaired) electrons. The highest BCUT2D eigenvalue weighted by atomic mass is 19.1. The molecule has 0 spiro atoms. The fourth-order valence-electron chi connectivity index (χ4n) is 1.86. The number of benzene rings is 2. The average molecular weight is 256 g/mol. The molecular formula is C17H14F2. The molecule has 0 bridgehead atoms. The molecule has 0 amide bonds. The summed E-state index contributed by atoms with van der Waals surface area (Å²) in [7, 11) is 0. The molecule has 19 heavy (non-hydrogen) atoms. The van der Waals surface area contributed by atoms with Crippen LogP contribution in [0.3, 0.4) is 0 Å². The first-order valence-corrected chi connectivity index (χ1v) is 6.05. The summed E-state index contributed by atoms with van der Waals surface area (Å²) in [5.74, 6) is -0.611. The lowest BCUT2D eigenvalue weighted by molar-refractivity contribution is 0.627. The molecule has 96 valence electrons. The van der Waals surface area contributed by atoms with Gasteiger partial charge in [0.2, 0.25) is 0 Å². The molecule has 0 saturated carbocycles. The van der Waals surface area contributed by atoms with Crippen molar-refractivity contribution in [1.82, 2.24) is 0 Å². The molecule has 0 aromatic heterocycles. The molecule has 2 heteroatoms. The second-order valence-electron chi connectivity index (χ2n) is 4.13. The van der Waals surface area contributed by atoms with Crippen molar-refractivity contribution >= 4 is 5.57 Å². The largest absolute Gasteiger partial charge is 0.207 e. The molecule has 0 fully saturated rings. The SMILES string of the molecule is C/C=C\C=C(c1cccc(F)c1)c1cccc(F)c1. The molecule has 0 saturated heterocycles. The van der Waals surface area contributed by atoms with Gasteiger partial charge < -0.3 is 0 Å². The van der Waals surface area contributed by atoms with Crippen LogP contribution in [0.5, 0.6) is 0 Å². The van der Waals surface area contributed by atoms with Crippen molar-refractivity contribution in [2.45, 2.75) is 6.92 Å². The maximum absolute atomic E-state index is 13.3. The van der Waals surface area contributed by atoms with Gasteiger partial charge in [-0.05, 0) is 47.9 Å². The van der Waals surface area contributed by atoms with Gasteiger partial charge in [0.25, 0.3) is 0 Å². The molecule has 0 aliphatic carbocycles. The minimum Gasteiger partial charge on any atom is -0.207 e. The maximum Gasteiger partial charge on any atom is 0.123 e. The third-order valence-electron chi connectivity index (χ3n) is 2.73. The van der Waals surface area contributed by atoms with Crippen LogP contribution in [0, 0.1) is 11.6 Å². The van der Waals surface area contributed by atoms with E-state index in [0.717, 1.165) is 16.7 Å². The van der Waals surface area contributed by atoms with Crippen LogP contribution >= 0.6 is 0 Å². The number of rotatable bonds is 3. The number of halogens is 2. The van der Waals surface area contributed by atoms with E-state index in [2.05, 4.69) is 0 Å². The van der Waals surface area contributed by atoms with Crippen molar-refractivity contribution in [2.75, 3.05) is 0 Å². The van der Waals surface area contributed by atoms with Gasteiger partial charge >= 0.3 is 0 Å². The van der Waals surface area contributed by atoms with Crippen molar-refractivity contribution in [3.05, 3.63) is 89.5 Å². The van der Waals surface area contributed by atoms with Gasteiger partial charge in [0, 0.05) is 0 Å². The van der Waals surface area contributed by atoms with E-state index in [0.29, 0.717) is 0 Å². The van der Waals surface area contributed by atoms with Gasteiger partial charge in [0.05, 0.1) is 0 Å². The van der Waals surface area contributed by atoms with Gasteiger partial charge in [-0.2, -0.15) is 0 Å². The molecule has 0 unspecified atom stereocenters. The Labute approximate surface area is 111 Å². The zero-order chi connectivity index (χ0) is 13.7. The Morgan fingerprint density at radius 3 is 1.84 bits per heavy atom. The highest BCUT2D eigenvalue weighted by Gasteiger charge is 2.06. The lowest BCUT2D eigenvalue weighted by Gasteiger charge is -2.08. The number of hydrogen-bond donors (Lipinski definition) is 0. The van der Waals surface area contributed by atoms with Crippen LogP contribution in [0.2, 0.25) is 0 Å². The summed E-state index contributed by atoms with van der Waals surface area (Å²) in [5, 5.41) is 0. The Morgan fingerprint density at radius 2 is 1.42 bits per heavy atom. The van der Waals surface area contributed by atoms with E-state index >= 15 is 0 Å². The van der Waals surface area contributed by atoms with Crippen molar-refractivity contribution in [2.24, 2.45) is 0 Å². The highest BCUT2D eigenvalue weighted by molar-refractivity contribution is 5.80. The monoisotopic (exact) mass is 256 g/mol. The molecule has 0 nitrogen and oxygen atoms in total. The van der Waals surface area contributed by atoms with E-state index in [-0.39, 0.29) is 11.6 Å². The minimum absolute atomic E-state index is 0.305. The lowest BCUT2D eigenvalue weighted by atomic mass is 9.97. The van der Waals surface area contributed by atoms with Crippen LogP contribution in [-0.2, 0) is 0 Å². The summed E-state index contributed by atoms with van der Waals surface area (Å²) in [4.78, 5) is 0. The quantitative estimate of drug-likeness (QED) is 0.680. The predicted molar refractivity (Wildman–Crippen MR) is 74.7 cm³/mol. The van der Waals surface area contributed by atoms with Crippen LogP contribution in [-0.4, -0.2) is 0 Å². The first kappa shape index (κ1) is 13.2. The molecule has 0 aliphatic rings. The van der Waals surface area contributed by atoms with Crippen molar-refractivity contribution in [3.63, 3.8) is 0 Å². The van der Waals surface area contributed by atoms with Crippen molar-refractivity contribution in [1.29, 1.82) is 0 Å². The number of hydrogen-bond acceptors (Lipinski definition) is 0. The zero-order valence-corrected chi connectivity index (χ0v) is 10.6. The minimum atomic E-state index is -0.305. The summed E-state index contributed by atoms with van der Waals surface area (Å²) in [6, 6.07) is 12.6. The summed E-state index contributed by atoms with van der Waals surface area (Å²) in [6.07, 6.45) is 5.58. The summed E-state index contributed by atoms with van der Waals surface area (Å²) >= 11 is 0. The van der Waals surface area contributed by atoms with E-state index in [9.17, 15) is 8.78 Å². The van der Waals surface area contributed by atoms with Crippen LogP contribution in [0.15, 0.2) is 66.8 Å². The first-order valence-electron chi connectivity index (χ1n) is 6.05. The second-order valence-corrected chi connectivity index (χ2v) is 4.13. The molecular weight excluding hydrogens is 242 g/mol. The average Bonchev–Trinajstić information content (AvgIpc) is 2.39. The third-order valence-corrected chi connectivity index (χ3v) is 2.73. The Morgan fingerprint density at radius 1 is 0.895 bits per heavy atom. The summed E-state index contributed by atoms with van der Waals surface area (Å²) in [5.41, 5.74) is 2.24. The van der Waals surface area contributed by atoms with E-state index < -0.39 is 0 Å². The van der Waals surface area contributed by atoms with Gasteiger partial charge in [0.15, 0.2) is 0 Å². The van der Waals surface area contributed by atoms with E-state index in [4.69, 9.17) is 0 Å². The first-order chi connectivity index (χ1) is 9.20. The normalized spacial score (nSPS) is 10.7. The van der Waals surface area contributed by atoms with Crippen LogP contribution in [0.25, 0.3) is 5.57 Å². The topological polar surface area (TPSA) is 0 Å². The van der Waals surface area contributed by atoms with Crippen LogP contribution in [0.4, 0.5) is 8.78 Å². The molecule has 0 N–H and O–H groups in total. The molecule has 0 aliphatic heterocycles. The van der Waals surface area contributed by atoms with Crippen molar-refractivity contribution in [3.8, 4) is 0 Å². The van der Waals surface area contributed by atoms with Gasteiger partial charge in [-0.1, -0.05) is 42.5 Å². The van der Waals surface area contributed by atoms with Gasteiger partial charge in [0.1, 0.15) is 11.6 Å². The highest BCUT2D eigenvalue weighted by Crippen LogP contribution is 2.24. The zero-order valence-electron chi connectivity index (χ0n) is 10.6. The molecule has 0 atom stereocenters. The molecule has 2 rings (SSSR count). The lowest BCUT2D eigenvalue weighted by Crippen LogP contribution is -1.90. The van der Waals surface area contributed by atoms with Gasteiger partial charge in [-0.3, -0.25) is 0 Å².